The topological polar surface area (TPSA) is 62.0 Å². The fourth-order valence-corrected chi connectivity index (χ4v) is 2.42. The summed E-state index contributed by atoms with van der Waals surface area (Å²) < 4.78 is 0. The molecule has 0 saturated heterocycles. The van der Waals surface area contributed by atoms with Gasteiger partial charge in [-0.2, -0.15) is 5.11 Å². The van der Waals surface area contributed by atoms with Crippen molar-refractivity contribution in [3.05, 3.63) is 83.9 Å². The molecule has 1 N–H and O–H groups in total. The van der Waals surface area contributed by atoms with Gasteiger partial charge in [0.05, 0.1) is 16.9 Å². The summed E-state index contributed by atoms with van der Waals surface area (Å²) >= 11 is 0. The zero-order valence-corrected chi connectivity index (χ0v) is 13.2. The van der Waals surface area contributed by atoms with Crippen LogP contribution in [0.15, 0.2) is 83.0 Å². The van der Waals surface area contributed by atoms with Gasteiger partial charge in [-0.15, -0.1) is 5.11 Å². The van der Waals surface area contributed by atoms with E-state index >= 15 is 0 Å². The summed E-state index contributed by atoms with van der Waals surface area (Å²) in [5.41, 5.74) is 4.67. The van der Waals surface area contributed by atoms with E-state index < -0.39 is 5.97 Å². The van der Waals surface area contributed by atoms with Crippen LogP contribution in [0.3, 0.4) is 0 Å². The highest BCUT2D eigenvalue weighted by Crippen LogP contribution is 2.34. The molecule has 0 radical (unpaired) electrons. The van der Waals surface area contributed by atoms with E-state index in [0.29, 0.717) is 0 Å². The van der Waals surface area contributed by atoms with Gasteiger partial charge in [0.15, 0.2) is 0 Å². The predicted octanol–water partition coefficient (Wildman–Crippen LogP) is 5.78. The van der Waals surface area contributed by atoms with Crippen LogP contribution in [0, 0.1) is 6.92 Å². The maximum atomic E-state index is 11.0. The van der Waals surface area contributed by atoms with Gasteiger partial charge in [0.2, 0.25) is 0 Å². The molecular weight excluding hydrogens is 300 g/mol. The van der Waals surface area contributed by atoms with Gasteiger partial charge in [0, 0.05) is 5.56 Å². The maximum Gasteiger partial charge on any atom is 0.335 e. The zero-order valence-electron chi connectivity index (χ0n) is 13.2. The Morgan fingerprint density at radius 1 is 0.833 bits per heavy atom. The summed E-state index contributed by atoms with van der Waals surface area (Å²) in [7, 11) is 0. The van der Waals surface area contributed by atoms with Crippen LogP contribution in [0.25, 0.3) is 11.1 Å². The van der Waals surface area contributed by atoms with E-state index in [2.05, 4.69) is 10.2 Å². The van der Waals surface area contributed by atoms with Gasteiger partial charge in [-0.05, 0) is 42.3 Å². The number of rotatable bonds is 4. The monoisotopic (exact) mass is 316 g/mol. The molecule has 4 heteroatoms. The van der Waals surface area contributed by atoms with Crippen molar-refractivity contribution < 1.29 is 9.90 Å². The second-order valence-electron chi connectivity index (χ2n) is 5.39. The Morgan fingerprint density at radius 3 is 2.21 bits per heavy atom. The Kier molecular flexibility index (Phi) is 4.47. The molecule has 0 aliphatic rings. The highest BCUT2D eigenvalue weighted by molar-refractivity contribution is 5.89. The van der Waals surface area contributed by atoms with E-state index in [1.807, 2.05) is 55.5 Å². The summed E-state index contributed by atoms with van der Waals surface area (Å²) in [5, 5.41) is 17.7. The quantitative estimate of drug-likeness (QED) is 0.620. The third-order valence-electron chi connectivity index (χ3n) is 3.70. The number of carbonyl (C=O) groups is 1. The molecule has 3 aromatic rings. The molecule has 0 bridgehead atoms. The lowest BCUT2D eigenvalue weighted by Crippen LogP contribution is -1.95. The zero-order chi connectivity index (χ0) is 16.9. The first kappa shape index (κ1) is 15.6. The van der Waals surface area contributed by atoms with Crippen molar-refractivity contribution >= 4 is 17.3 Å². The number of hydrogen-bond donors (Lipinski definition) is 1. The second-order valence-corrected chi connectivity index (χ2v) is 5.39. The van der Waals surface area contributed by atoms with Crippen molar-refractivity contribution in [1.82, 2.24) is 0 Å². The second kappa shape index (κ2) is 6.87. The fraction of sp³-hybridized carbons (Fsp3) is 0.0500. The molecule has 0 amide bonds. The van der Waals surface area contributed by atoms with Gasteiger partial charge in [0.1, 0.15) is 0 Å². The molecular formula is C20H16N2O2. The lowest BCUT2D eigenvalue weighted by molar-refractivity contribution is 0.0697. The van der Waals surface area contributed by atoms with Gasteiger partial charge in [0.25, 0.3) is 0 Å². The van der Waals surface area contributed by atoms with E-state index in [0.717, 1.165) is 28.1 Å². The molecule has 3 aromatic carbocycles. The number of aryl methyl sites for hydroxylation is 1. The fourth-order valence-electron chi connectivity index (χ4n) is 2.42. The molecule has 0 fully saturated rings. The minimum atomic E-state index is -0.935. The number of hydrogen-bond acceptors (Lipinski definition) is 3. The minimum Gasteiger partial charge on any atom is -0.478 e. The first-order chi connectivity index (χ1) is 11.6. The Morgan fingerprint density at radius 2 is 1.54 bits per heavy atom. The molecule has 0 unspecified atom stereocenters. The van der Waals surface area contributed by atoms with E-state index in [-0.39, 0.29) is 5.56 Å². The third-order valence-corrected chi connectivity index (χ3v) is 3.70. The van der Waals surface area contributed by atoms with Crippen molar-refractivity contribution in [2.24, 2.45) is 10.2 Å². The van der Waals surface area contributed by atoms with Crippen molar-refractivity contribution in [3.8, 4) is 11.1 Å². The van der Waals surface area contributed by atoms with Gasteiger partial charge in [-0.3, -0.25) is 0 Å². The van der Waals surface area contributed by atoms with Crippen LogP contribution in [0.2, 0.25) is 0 Å². The first-order valence-electron chi connectivity index (χ1n) is 7.55. The molecule has 0 saturated carbocycles. The molecule has 0 aliphatic carbocycles. The average Bonchev–Trinajstić information content (AvgIpc) is 2.61. The van der Waals surface area contributed by atoms with Gasteiger partial charge in [-0.1, -0.05) is 48.5 Å². The summed E-state index contributed by atoms with van der Waals surface area (Å²) in [6.45, 7) is 1.98. The van der Waals surface area contributed by atoms with Crippen LogP contribution in [0.5, 0.6) is 0 Å². The number of carboxylic acids is 1. The van der Waals surface area contributed by atoms with E-state index in [9.17, 15) is 4.79 Å². The first-order valence-corrected chi connectivity index (χ1v) is 7.55. The Balaban J connectivity index is 2.01. The highest BCUT2D eigenvalue weighted by atomic mass is 16.4. The van der Waals surface area contributed by atoms with E-state index in [4.69, 9.17) is 5.11 Å². The van der Waals surface area contributed by atoms with Crippen LogP contribution < -0.4 is 0 Å². The van der Waals surface area contributed by atoms with Crippen LogP contribution in [0.4, 0.5) is 11.4 Å². The number of nitrogens with zero attached hydrogens (tertiary/aromatic N) is 2. The lowest BCUT2D eigenvalue weighted by Gasteiger charge is -2.08. The standard InChI is InChI=1S/C20H16N2O2/c1-14-6-5-9-18(15-10-12-16(13-11-15)20(23)24)19(14)22-21-17-7-3-2-4-8-17/h2-13H,1H3,(H,23,24). The van der Waals surface area contributed by atoms with Crippen molar-refractivity contribution in [2.45, 2.75) is 6.92 Å². The van der Waals surface area contributed by atoms with Crippen LogP contribution in [-0.4, -0.2) is 11.1 Å². The predicted molar refractivity (Wildman–Crippen MR) is 94.2 cm³/mol. The van der Waals surface area contributed by atoms with Gasteiger partial charge < -0.3 is 5.11 Å². The average molecular weight is 316 g/mol. The minimum absolute atomic E-state index is 0.263. The van der Waals surface area contributed by atoms with Crippen LogP contribution >= 0.6 is 0 Å². The molecule has 4 nitrogen and oxygen atoms in total. The van der Waals surface area contributed by atoms with E-state index in [1.165, 1.54) is 0 Å². The molecule has 118 valence electrons. The van der Waals surface area contributed by atoms with Gasteiger partial charge in [-0.25, -0.2) is 4.79 Å². The molecule has 0 atom stereocenters. The van der Waals surface area contributed by atoms with Crippen molar-refractivity contribution in [2.75, 3.05) is 0 Å². The molecule has 24 heavy (non-hydrogen) atoms. The van der Waals surface area contributed by atoms with Crippen molar-refractivity contribution in [1.29, 1.82) is 0 Å². The molecule has 0 heterocycles. The molecule has 0 aromatic heterocycles. The van der Waals surface area contributed by atoms with Crippen molar-refractivity contribution in [3.63, 3.8) is 0 Å². The normalized spacial score (nSPS) is 10.9. The summed E-state index contributed by atoms with van der Waals surface area (Å²) in [6.07, 6.45) is 0. The summed E-state index contributed by atoms with van der Waals surface area (Å²) in [6, 6.07) is 22.2. The maximum absolute atomic E-state index is 11.0. The SMILES string of the molecule is Cc1cccc(-c2ccc(C(=O)O)cc2)c1N=Nc1ccccc1. The third kappa shape index (κ3) is 3.38. The lowest BCUT2D eigenvalue weighted by atomic mass is 10.00. The van der Waals surface area contributed by atoms with Crippen LogP contribution in [-0.2, 0) is 0 Å². The number of azo groups is 1. The van der Waals surface area contributed by atoms with Gasteiger partial charge >= 0.3 is 5.97 Å². The number of aromatic carboxylic acids is 1. The summed E-state index contributed by atoms with van der Waals surface area (Å²) in [4.78, 5) is 11.0. The number of benzene rings is 3. The smallest absolute Gasteiger partial charge is 0.335 e. The van der Waals surface area contributed by atoms with E-state index in [1.54, 1.807) is 24.3 Å². The highest BCUT2D eigenvalue weighted by Gasteiger charge is 2.09. The largest absolute Gasteiger partial charge is 0.478 e. The van der Waals surface area contributed by atoms with Crippen LogP contribution in [0.1, 0.15) is 15.9 Å². The molecule has 3 rings (SSSR count). The molecule has 0 aliphatic heterocycles. The Hall–Kier alpha value is -3.27. The Bertz CT molecular complexity index is 885. The molecule has 0 spiro atoms. The number of carboxylic acid groups (broad SMARTS) is 1. The summed E-state index contributed by atoms with van der Waals surface area (Å²) in [5.74, 6) is -0.935. The Labute approximate surface area is 140 Å².